The molecule has 1 saturated heterocycles. The second kappa shape index (κ2) is 16.1. The van der Waals surface area contributed by atoms with Gasteiger partial charge >= 0.3 is 6.18 Å². The zero-order chi connectivity index (χ0) is 34.9. The van der Waals surface area contributed by atoms with Gasteiger partial charge in [-0.3, -0.25) is 19.5 Å². The third-order valence-corrected chi connectivity index (χ3v) is 9.32. The van der Waals surface area contributed by atoms with E-state index in [2.05, 4.69) is 27.0 Å². The van der Waals surface area contributed by atoms with Crippen molar-refractivity contribution in [3.05, 3.63) is 148 Å². The van der Waals surface area contributed by atoms with E-state index in [1.54, 1.807) is 16.6 Å². The molecule has 0 bridgehead atoms. The first-order valence-electron chi connectivity index (χ1n) is 16.3. The normalized spacial score (nSPS) is 14.5. The van der Waals surface area contributed by atoms with Crippen LogP contribution < -0.4 is 0 Å². The summed E-state index contributed by atoms with van der Waals surface area (Å²) < 4.78 is 39.4. The first-order chi connectivity index (χ1) is 24.2. The lowest BCUT2D eigenvalue weighted by Crippen LogP contribution is -2.56. The molecule has 1 fully saturated rings. The first-order valence-corrected chi connectivity index (χ1v) is 17.3. The molecular formula is C39H36F3N5O2S. The molecular weight excluding hydrogens is 660 g/mol. The predicted molar refractivity (Wildman–Crippen MR) is 189 cm³/mol. The Morgan fingerprint density at radius 2 is 1.56 bits per heavy atom. The molecule has 1 atom stereocenters. The smallest absolute Gasteiger partial charge is 0.338 e. The molecule has 0 spiro atoms. The molecule has 7 nitrogen and oxygen atoms in total. The minimum atomic E-state index is -4.46. The molecule has 3 aromatic carbocycles. The summed E-state index contributed by atoms with van der Waals surface area (Å²) in [7, 11) is 0. The van der Waals surface area contributed by atoms with Gasteiger partial charge in [0.25, 0.3) is 0 Å². The predicted octanol–water partition coefficient (Wildman–Crippen LogP) is 7.22. The van der Waals surface area contributed by atoms with Crippen molar-refractivity contribution in [3.63, 3.8) is 0 Å². The summed E-state index contributed by atoms with van der Waals surface area (Å²) in [5.74, 6) is -0.603. The second-order valence-electron chi connectivity index (χ2n) is 12.1. The second-order valence-corrected chi connectivity index (χ2v) is 12.8. The van der Waals surface area contributed by atoms with Gasteiger partial charge in [-0.05, 0) is 47.0 Å². The monoisotopic (exact) mass is 695 g/mol. The number of halogens is 3. The number of rotatable bonds is 11. The summed E-state index contributed by atoms with van der Waals surface area (Å²) in [5.41, 5.74) is 5.81. The maximum absolute atomic E-state index is 14.4. The van der Waals surface area contributed by atoms with Crippen molar-refractivity contribution in [1.29, 1.82) is 0 Å². The van der Waals surface area contributed by atoms with Crippen molar-refractivity contribution < 1.29 is 22.8 Å². The summed E-state index contributed by atoms with van der Waals surface area (Å²) >= 11 is 1.42. The lowest BCUT2D eigenvalue weighted by molar-refractivity contribution is -0.145. The number of carbonyl (C=O) groups is 2. The van der Waals surface area contributed by atoms with Crippen LogP contribution in [0.5, 0.6) is 0 Å². The minimum absolute atomic E-state index is 0.132. The number of hydrogen-bond donors (Lipinski definition) is 0. The Morgan fingerprint density at radius 3 is 2.20 bits per heavy atom. The van der Waals surface area contributed by atoms with E-state index >= 15 is 0 Å². The molecule has 0 saturated carbocycles. The van der Waals surface area contributed by atoms with E-state index in [1.165, 1.54) is 41.2 Å². The Morgan fingerprint density at radius 1 is 0.840 bits per heavy atom. The van der Waals surface area contributed by atoms with E-state index in [1.807, 2.05) is 70.9 Å². The van der Waals surface area contributed by atoms with E-state index in [9.17, 15) is 22.8 Å². The molecule has 6 rings (SSSR count). The topological polar surface area (TPSA) is 69.6 Å². The molecule has 0 aliphatic carbocycles. The molecule has 5 aromatic rings. The van der Waals surface area contributed by atoms with Crippen LogP contribution in [0.4, 0.5) is 13.2 Å². The van der Waals surface area contributed by atoms with Crippen LogP contribution in [0.2, 0.25) is 0 Å². The van der Waals surface area contributed by atoms with E-state index in [0.29, 0.717) is 37.4 Å². The number of thiazole rings is 1. The zero-order valence-corrected chi connectivity index (χ0v) is 28.1. The summed E-state index contributed by atoms with van der Waals surface area (Å²) in [6, 6.07) is 27.3. The highest BCUT2D eigenvalue weighted by molar-refractivity contribution is 7.07. The van der Waals surface area contributed by atoms with Gasteiger partial charge in [-0.15, -0.1) is 11.3 Å². The van der Waals surface area contributed by atoms with Crippen LogP contribution in [0.1, 0.15) is 27.9 Å². The van der Waals surface area contributed by atoms with Crippen LogP contribution in [0.3, 0.4) is 0 Å². The number of pyridine rings is 1. The Labute approximate surface area is 293 Å². The average molecular weight is 696 g/mol. The van der Waals surface area contributed by atoms with E-state index in [-0.39, 0.29) is 18.9 Å². The number of alkyl halides is 3. The maximum atomic E-state index is 14.4. The molecule has 2 amide bonds. The van der Waals surface area contributed by atoms with Crippen molar-refractivity contribution >= 4 is 29.2 Å². The largest absolute Gasteiger partial charge is 0.416 e. The number of aromatic nitrogens is 2. The third kappa shape index (κ3) is 9.10. The molecule has 50 heavy (non-hydrogen) atoms. The fraction of sp³-hybridized carbons (Fsp3) is 0.231. The van der Waals surface area contributed by atoms with Crippen LogP contribution in [0, 0.1) is 0 Å². The molecule has 2 aromatic heterocycles. The third-order valence-electron chi connectivity index (χ3n) is 8.69. The molecule has 256 valence electrons. The van der Waals surface area contributed by atoms with Gasteiger partial charge < -0.3 is 9.80 Å². The highest BCUT2D eigenvalue weighted by Crippen LogP contribution is 2.29. The summed E-state index contributed by atoms with van der Waals surface area (Å²) in [6.45, 7) is 3.34. The zero-order valence-electron chi connectivity index (χ0n) is 27.2. The molecule has 11 heteroatoms. The number of hydrogen-bond acceptors (Lipinski definition) is 6. The van der Waals surface area contributed by atoms with Crippen molar-refractivity contribution in [1.82, 2.24) is 24.7 Å². The average Bonchev–Trinajstić information content (AvgIpc) is 3.66. The van der Waals surface area contributed by atoms with Gasteiger partial charge in [0, 0.05) is 68.9 Å². The van der Waals surface area contributed by atoms with Crippen LogP contribution in [-0.4, -0.2) is 68.7 Å². The Hall–Kier alpha value is -5.13. The van der Waals surface area contributed by atoms with Gasteiger partial charge in [-0.1, -0.05) is 72.8 Å². The Kier molecular flexibility index (Phi) is 11.1. The molecule has 0 N–H and O–H groups in total. The van der Waals surface area contributed by atoms with Crippen molar-refractivity contribution in [3.8, 4) is 11.3 Å². The van der Waals surface area contributed by atoms with Crippen LogP contribution in [-0.2, 0) is 35.3 Å². The van der Waals surface area contributed by atoms with Gasteiger partial charge in [0.2, 0.25) is 11.8 Å². The molecule has 3 heterocycles. The van der Waals surface area contributed by atoms with E-state index < -0.39 is 23.7 Å². The first kappa shape index (κ1) is 34.7. The number of piperazine rings is 1. The van der Waals surface area contributed by atoms with Crippen LogP contribution in [0.25, 0.3) is 17.3 Å². The van der Waals surface area contributed by atoms with Crippen molar-refractivity contribution in [2.24, 2.45) is 0 Å². The van der Waals surface area contributed by atoms with Crippen LogP contribution >= 0.6 is 11.3 Å². The fourth-order valence-corrected chi connectivity index (χ4v) is 6.52. The molecule has 1 aliphatic heterocycles. The fourth-order valence-electron chi connectivity index (χ4n) is 5.95. The maximum Gasteiger partial charge on any atom is 0.416 e. The lowest BCUT2D eigenvalue weighted by Gasteiger charge is -2.39. The summed E-state index contributed by atoms with van der Waals surface area (Å²) in [6.07, 6.45) is 0.287. The standard InChI is InChI=1S/C39H36F3N5O2S/c40-39(41,42)33-16-11-29(12-17-33)13-18-37(48)47(26-31-9-14-32(15-10-31)35-8-4-5-19-43-35)36(24-34-27-50-28-44-34)38(49)46-22-20-45(21-23-46)25-30-6-2-1-3-7-30/h1-19,27-28,36H,20-26H2/b18-13+/t36-/m0/s1. The van der Waals surface area contributed by atoms with Gasteiger partial charge in [-0.25, -0.2) is 4.98 Å². The molecule has 0 radical (unpaired) electrons. The molecule has 1 aliphatic rings. The van der Waals surface area contributed by atoms with Crippen molar-refractivity contribution in [2.45, 2.75) is 31.7 Å². The van der Waals surface area contributed by atoms with Gasteiger partial charge in [0.15, 0.2) is 0 Å². The van der Waals surface area contributed by atoms with Crippen molar-refractivity contribution in [2.75, 3.05) is 26.2 Å². The summed E-state index contributed by atoms with van der Waals surface area (Å²) in [5, 5.41) is 1.88. The van der Waals surface area contributed by atoms with Gasteiger partial charge in [0.05, 0.1) is 22.5 Å². The van der Waals surface area contributed by atoms with Crippen LogP contribution in [0.15, 0.2) is 120 Å². The number of amides is 2. The Balaban J connectivity index is 1.26. The number of nitrogens with zero attached hydrogens (tertiary/aromatic N) is 5. The highest BCUT2D eigenvalue weighted by Gasteiger charge is 2.35. The quantitative estimate of drug-likeness (QED) is 0.137. The Bertz CT molecular complexity index is 1860. The highest BCUT2D eigenvalue weighted by atomic mass is 32.1. The number of benzene rings is 3. The summed E-state index contributed by atoms with van der Waals surface area (Å²) in [4.78, 5) is 43.1. The number of carbonyl (C=O) groups excluding carboxylic acids is 2. The van der Waals surface area contributed by atoms with E-state index in [0.717, 1.165) is 35.5 Å². The van der Waals surface area contributed by atoms with Gasteiger partial charge in [0.1, 0.15) is 6.04 Å². The lowest BCUT2D eigenvalue weighted by atomic mass is 10.0. The van der Waals surface area contributed by atoms with E-state index in [4.69, 9.17) is 0 Å². The van der Waals surface area contributed by atoms with Gasteiger partial charge in [-0.2, -0.15) is 13.2 Å². The minimum Gasteiger partial charge on any atom is -0.338 e. The molecule has 0 unspecified atom stereocenters. The SMILES string of the molecule is O=C([C@H](Cc1cscn1)N(Cc1ccc(-c2ccccn2)cc1)C(=O)/C=C/c1ccc(C(F)(F)F)cc1)N1CCN(Cc2ccccc2)CC1.